The highest BCUT2D eigenvalue weighted by Crippen LogP contribution is 2.49. The molecule has 0 unspecified atom stereocenters. The van der Waals surface area contributed by atoms with Crippen LogP contribution < -0.4 is 20.7 Å². The third-order valence-corrected chi connectivity index (χ3v) is 17.9. The fourth-order valence-electron chi connectivity index (χ4n) is 10.4. The molecule has 0 fully saturated rings. The maximum atomic E-state index is 2.49. The first-order valence-corrected chi connectivity index (χ1v) is 23.5. The van der Waals surface area contributed by atoms with Crippen molar-refractivity contribution in [2.45, 2.75) is 0 Å². The fourth-order valence-corrected chi connectivity index (χ4v) is 15.2. The average Bonchev–Trinajstić information content (AvgIpc) is 3.69. The van der Waals surface area contributed by atoms with E-state index >= 15 is 0 Å². The summed E-state index contributed by atoms with van der Waals surface area (Å²) in [5, 5.41) is 8.00. The maximum absolute atomic E-state index is 2.73. The molecule has 1 heterocycles. The van der Waals surface area contributed by atoms with Crippen LogP contribution in [0, 0.1) is 0 Å². The summed E-state index contributed by atoms with van der Waals surface area (Å²) < 4.78 is 2.44. The molecule has 0 saturated heterocycles. The molecule has 2 heteroatoms. The summed E-state index contributed by atoms with van der Waals surface area (Å²) in [7, 11) is -2.73. The lowest BCUT2D eigenvalue weighted by molar-refractivity contribution is 1.18. The smallest absolute Gasteiger partial charge is 0.179 e. The van der Waals surface area contributed by atoms with E-state index in [9.17, 15) is 0 Å². The van der Waals surface area contributed by atoms with E-state index in [0.29, 0.717) is 0 Å². The number of hydrogen-bond donors (Lipinski definition) is 0. The number of hydrogen-bond acceptors (Lipinski definition) is 0. The predicted octanol–water partition coefficient (Wildman–Crippen LogP) is 12.8. The molecule has 12 rings (SSSR count). The van der Waals surface area contributed by atoms with Gasteiger partial charge in [0.05, 0.1) is 11.0 Å². The molecule has 0 amide bonds. The number of para-hydroxylation sites is 2. The van der Waals surface area contributed by atoms with Crippen LogP contribution in [0.5, 0.6) is 0 Å². The molecule has 1 aliphatic carbocycles. The standard InChI is InChI=1S/C60H41NSi/c1-4-20-45(21-5-1)62(46-22-6-2-7-23-46,47-24-8-3-9-25-47)48-26-18-19-42(39-48)43-35-37-53-51-29-11-10-27-49(51)50-28-12-13-30-52(50)58-41-44(36-38-54(58)57(53)40-43)61-59-33-16-14-31-55(59)56-32-15-17-34-60(56)61/h1-41H. The molecule has 0 bridgehead atoms. The van der Waals surface area contributed by atoms with E-state index in [2.05, 4.69) is 253 Å². The van der Waals surface area contributed by atoms with Gasteiger partial charge in [-0.3, -0.25) is 0 Å². The summed E-state index contributed by atoms with van der Waals surface area (Å²) in [6.07, 6.45) is 0. The lowest BCUT2D eigenvalue weighted by Gasteiger charge is -2.34. The van der Waals surface area contributed by atoms with Gasteiger partial charge in [0.15, 0.2) is 8.07 Å². The second-order valence-electron chi connectivity index (χ2n) is 16.4. The molecular formula is C60H41NSi. The van der Waals surface area contributed by atoms with E-state index in [1.165, 1.54) is 98.2 Å². The Bertz CT molecular complexity index is 3310. The second-order valence-corrected chi connectivity index (χ2v) is 20.2. The first kappa shape index (κ1) is 36.1. The third kappa shape index (κ3) is 5.61. The summed E-state index contributed by atoms with van der Waals surface area (Å²) in [5.41, 5.74) is 15.9. The first-order valence-electron chi connectivity index (χ1n) is 21.5. The lowest BCUT2D eigenvalue weighted by Crippen LogP contribution is -2.74. The topological polar surface area (TPSA) is 4.93 Å². The van der Waals surface area contributed by atoms with E-state index in [4.69, 9.17) is 0 Å². The van der Waals surface area contributed by atoms with Crippen LogP contribution in [0.3, 0.4) is 0 Å². The Morgan fingerprint density at radius 1 is 0.242 bits per heavy atom. The van der Waals surface area contributed by atoms with Gasteiger partial charge in [0.2, 0.25) is 0 Å². The Labute approximate surface area is 363 Å². The zero-order chi connectivity index (χ0) is 41.0. The molecule has 1 nitrogen and oxygen atoms in total. The SMILES string of the molecule is c1ccc([Si](c2ccccc2)(c2ccccc2)c2cccc(-c3ccc4c(c3)-c3ccc(-n5c6ccccc6c6ccccc65)cc3-c3ccccc3-c3ccccc3-4)c2)cc1. The van der Waals surface area contributed by atoms with Crippen molar-refractivity contribution in [3.05, 3.63) is 249 Å². The van der Waals surface area contributed by atoms with Crippen LogP contribution in [-0.4, -0.2) is 12.6 Å². The number of aromatic nitrogens is 1. The fraction of sp³-hybridized carbons (Fsp3) is 0. The quantitative estimate of drug-likeness (QED) is 0.117. The minimum Gasteiger partial charge on any atom is -0.309 e. The molecule has 1 aromatic heterocycles. The Morgan fingerprint density at radius 2 is 0.629 bits per heavy atom. The van der Waals surface area contributed by atoms with Gasteiger partial charge in [-0.25, -0.2) is 0 Å². The molecular weight excluding hydrogens is 763 g/mol. The van der Waals surface area contributed by atoms with Crippen molar-refractivity contribution in [2.75, 3.05) is 0 Å². The van der Waals surface area contributed by atoms with E-state index in [-0.39, 0.29) is 0 Å². The number of rotatable bonds is 6. The van der Waals surface area contributed by atoms with Gasteiger partial charge in [-0.1, -0.05) is 218 Å². The van der Waals surface area contributed by atoms with E-state index in [0.717, 1.165) is 5.69 Å². The summed E-state index contributed by atoms with van der Waals surface area (Å²) in [6, 6.07) is 92.8. The Balaban J connectivity index is 1.10. The van der Waals surface area contributed by atoms with Crippen LogP contribution >= 0.6 is 0 Å². The van der Waals surface area contributed by atoms with Gasteiger partial charge in [-0.05, 0) is 107 Å². The maximum Gasteiger partial charge on any atom is 0.179 e. The number of nitrogens with zero attached hydrogens (tertiary/aromatic N) is 1. The van der Waals surface area contributed by atoms with Crippen molar-refractivity contribution in [3.8, 4) is 61.3 Å². The van der Waals surface area contributed by atoms with E-state index in [1.807, 2.05) is 0 Å². The minimum absolute atomic E-state index is 1.15. The van der Waals surface area contributed by atoms with Crippen LogP contribution in [0.1, 0.15) is 0 Å². The van der Waals surface area contributed by atoms with Crippen LogP contribution in [0.4, 0.5) is 0 Å². The van der Waals surface area contributed by atoms with Crippen molar-refractivity contribution in [1.82, 2.24) is 4.57 Å². The third-order valence-electron chi connectivity index (χ3n) is 13.1. The molecule has 0 atom stereocenters. The highest BCUT2D eigenvalue weighted by Gasteiger charge is 2.41. The molecule has 290 valence electrons. The molecule has 11 aromatic rings. The van der Waals surface area contributed by atoms with Gasteiger partial charge in [0.25, 0.3) is 0 Å². The highest BCUT2D eigenvalue weighted by atomic mass is 28.3. The van der Waals surface area contributed by atoms with Crippen molar-refractivity contribution >= 4 is 50.6 Å². The molecule has 0 aliphatic heterocycles. The van der Waals surface area contributed by atoms with Gasteiger partial charge >= 0.3 is 0 Å². The lowest BCUT2D eigenvalue weighted by atomic mass is 9.80. The summed E-state index contributed by atoms with van der Waals surface area (Å²) in [6.45, 7) is 0. The van der Waals surface area contributed by atoms with Crippen LogP contribution in [0.25, 0.3) is 83.1 Å². The van der Waals surface area contributed by atoms with Gasteiger partial charge in [-0.2, -0.15) is 0 Å². The van der Waals surface area contributed by atoms with Crippen molar-refractivity contribution in [2.24, 2.45) is 0 Å². The van der Waals surface area contributed by atoms with Crippen molar-refractivity contribution < 1.29 is 0 Å². The zero-order valence-corrected chi connectivity index (χ0v) is 35.1. The molecule has 1 aliphatic rings. The van der Waals surface area contributed by atoms with Crippen LogP contribution in [0.15, 0.2) is 249 Å². The summed E-state index contributed by atoms with van der Waals surface area (Å²) in [4.78, 5) is 0. The van der Waals surface area contributed by atoms with Crippen LogP contribution in [0.2, 0.25) is 0 Å². The van der Waals surface area contributed by atoms with E-state index in [1.54, 1.807) is 0 Å². The molecule has 0 spiro atoms. The summed E-state index contributed by atoms with van der Waals surface area (Å²) >= 11 is 0. The molecule has 0 radical (unpaired) electrons. The number of benzene rings is 10. The molecule has 0 saturated carbocycles. The predicted molar refractivity (Wildman–Crippen MR) is 265 cm³/mol. The average molecular weight is 804 g/mol. The highest BCUT2D eigenvalue weighted by molar-refractivity contribution is 7.19. The Hall–Kier alpha value is -7.78. The molecule has 0 N–H and O–H groups in total. The molecule has 10 aromatic carbocycles. The summed E-state index contributed by atoms with van der Waals surface area (Å²) in [5.74, 6) is 0. The Morgan fingerprint density at radius 3 is 1.18 bits per heavy atom. The van der Waals surface area contributed by atoms with Gasteiger partial charge in [0, 0.05) is 16.5 Å². The van der Waals surface area contributed by atoms with Gasteiger partial charge < -0.3 is 4.57 Å². The van der Waals surface area contributed by atoms with Gasteiger partial charge in [0.1, 0.15) is 0 Å². The van der Waals surface area contributed by atoms with Crippen LogP contribution in [-0.2, 0) is 0 Å². The second kappa shape index (κ2) is 14.7. The molecule has 62 heavy (non-hydrogen) atoms. The van der Waals surface area contributed by atoms with E-state index < -0.39 is 8.07 Å². The monoisotopic (exact) mass is 803 g/mol. The normalized spacial score (nSPS) is 11.9. The Kier molecular flexibility index (Phi) is 8.58. The van der Waals surface area contributed by atoms with Gasteiger partial charge in [-0.15, -0.1) is 0 Å². The largest absolute Gasteiger partial charge is 0.309 e. The van der Waals surface area contributed by atoms with Crippen molar-refractivity contribution in [1.29, 1.82) is 0 Å². The number of fused-ring (bicyclic) bond motifs is 11. The van der Waals surface area contributed by atoms with Crippen molar-refractivity contribution in [3.63, 3.8) is 0 Å². The zero-order valence-electron chi connectivity index (χ0n) is 34.1. The minimum atomic E-state index is -2.73. The first-order chi connectivity index (χ1) is 30.8.